The predicted octanol–water partition coefficient (Wildman–Crippen LogP) is 3.80. The molecule has 2 aromatic rings. The summed E-state index contributed by atoms with van der Waals surface area (Å²) in [7, 11) is 1.69. The van der Waals surface area contributed by atoms with E-state index in [9.17, 15) is 0 Å². The third-order valence-corrected chi connectivity index (χ3v) is 4.26. The first-order valence-electron chi connectivity index (χ1n) is 6.68. The number of halogens is 1. The van der Waals surface area contributed by atoms with Crippen LogP contribution in [0.5, 0.6) is 5.75 Å². The van der Waals surface area contributed by atoms with Crippen molar-refractivity contribution in [2.75, 3.05) is 13.0 Å². The minimum absolute atomic E-state index is 0.359. The number of methoxy groups -OCH3 is 1. The van der Waals surface area contributed by atoms with E-state index in [4.69, 9.17) is 21.3 Å². The van der Waals surface area contributed by atoms with E-state index < -0.39 is 0 Å². The molecular formula is C15H19ClN2O. The first-order valence-corrected chi connectivity index (χ1v) is 7.21. The standard InChI is InChI=1S/C15H19ClN2O/c1-15(2)9-12(15)18-10-5-4-6-11(19-3)14(10)17-13(18)7-8-16/h4-6,12H,7-9H2,1-3H3. The van der Waals surface area contributed by atoms with Crippen LogP contribution >= 0.6 is 11.6 Å². The second-order valence-electron chi connectivity index (χ2n) is 5.87. The fraction of sp³-hybridized carbons (Fsp3) is 0.533. The fourth-order valence-corrected chi connectivity index (χ4v) is 2.96. The van der Waals surface area contributed by atoms with E-state index in [2.05, 4.69) is 24.5 Å². The Kier molecular flexibility index (Phi) is 2.97. The summed E-state index contributed by atoms with van der Waals surface area (Å²) >= 11 is 5.92. The van der Waals surface area contributed by atoms with Crippen LogP contribution in [0.3, 0.4) is 0 Å². The Morgan fingerprint density at radius 2 is 2.21 bits per heavy atom. The number of rotatable bonds is 4. The van der Waals surface area contributed by atoms with Gasteiger partial charge in [-0.1, -0.05) is 19.9 Å². The third kappa shape index (κ3) is 2.00. The maximum atomic E-state index is 5.92. The number of aromatic nitrogens is 2. The maximum Gasteiger partial charge on any atom is 0.146 e. The molecule has 3 rings (SSSR count). The van der Waals surface area contributed by atoms with Gasteiger partial charge in [-0.25, -0.2) is 4.98 Å². The molecule has 3 nitrogen and oxygen atoms in total. The lowest BCUT2D eigenvalue weighted by atomic mass is 10.2. The quantitative estimate of drug-likeness (QED) is 0.796. The smallest absolute Gasteiger partial charge is 0.146 e. The molecule has 0 aliphatic heterocycles. The number of fused-ring (bicyclic) bond motifs is 1. The van der Waals surface area contributed by atoms with Crippen LogP contribution in [0.4, 0.5) is 0 Å². The normalized spacial score (nSPS) is 20.7. The predicted molar refractivity (Wildman–Crippen MR) is 78.1 cm³/mol. The Balaban J connectivity index is 2.19. The number of alkyl halides is 1. The Morgan fingerprint density at radius 3 is 2.79 bits per heavy atom. The molecule has 1 saturated carbocycles. The van der Waals surface area contributed by atoms with Gasteiger partial charge in [0.05, 0.1) is 12.6 Å². The van der Waals surface area contributed by atoms with Crippen molar-refractivity contribution in [1.82, 2.24) is 9.55 Å². The van der Waals surface area contributed by atoms with E-state index in [-0.39, 0.29) is 0 Å². The van der Waals surface area contributed by atoms with E-state index in [1.54, 1.807) is 7.11 Å². The van der Waals surface area contributed by atoms with Crippen molar-refractivity contribution in [3.63, 3.8) is 0 Å². The largest absolute Gasteiger partial charge is 0.494 e. The van der Waals surface area contributed by atoms with Gasteiger partial charge in [-0.15, -0.1) is 11.6 Å². The van der Waals surface area contributed by atoms with E-state index in [1.807, 2.05) is 12.1 Å². The minimum atomic E-state index is 0.359. The highest BCUT2D eigenvalue weighted by Crippen LogP contribution is 2.57. The molecule has 0 bridgehead atoms. The molecule has 0 saturated heterocycles. The number of hydrogen-bond donors (Lipinski definition) is 0. The summed E-state index contributed by atoms with van der Waals surface area (Å²) in [6.07, 6.45) is 2.00. The molecule has 0 spiro atoms. The van der Waals surface area contributed by atoms with Crippen molar-refractivity contribution in [3.05, 3.63) is 24.0 Å². The van der Waals surface area contributed by atoms with E-state index in [0.29, 0.717) is 17.3 Å². The van der Waals surface area contributed by atoms with Crippen molar-refractivity contribution in [2.24, 2.45) is 5.41 Å². The number of imidazole rings is 1. The molecular weight excluding hydrogens is 260 g/mol. The second-order valence-corrected chi connectivity index (χ2v) is 6.25. The van der Waals surface area contributed by atoms with Gasteiger partial charge in [-0.05, 0) is 24.0 Å². The number of aryl methyl sites for hydroxylation is 1. The lowest BCUT2D eigenvalue weighted by Crippen LogP contribution is -2.06. The summed E-state index contributed by atoms with van der Waals surface area (Å²) < 4.78 is 7.78. The molecule has 1 atom stereocenters. The third-order valence-electron chi connectivity index (χ3n) is 4.07. The van der Waals surface area contributed by atoms with Gasteiger partial charge in [0.1, 0.15) is 17.1 Å². The van der Waals surface area contributed by atoms with Gasteiger partial charge in [-0.2, -0.15) is 0 Å². The summed E-state index contributed by atoms with van der Waals surface area (Å²) in [6, 6.07) is 6.64. The van der Waals surface area contributed by atoms with Gasteiger partial charge >= 0.3 is 0 Å². The molecule has 4 heteroatoms. The number of para-hydroxylation sites is 1. The summed E-state index contributed by atoms with van der Waals surface area (Å²) in [6.45, 7) is 4.60. The zero-order chi connectivity index (χ0) is 13.6. The number of benzene rings is 1. The first-order chi connectivity index (χ1) is 9.08. The minimum Gasteiger partial charge on any atom is -0.494 e. The van der Waals surface area contributed by atoms with Crippen LogP contribution in [0.15, 0.2) is 18.2 Å². The Morgan fingerprint density at radius 1 is 1.47 bits per heavy atom. The van der Waals surface area contributed by atoms with Crippen LogP contribution in [0.25, 0.3) is 11.0 Å². The van der Waals surface area contributed by atoms with E-state index >= 15 is 0 Å². The molecule has 0 amide bonds. The zero-order valence-electron chi connectivity index (χ0n) is 11.6. The van der Waals surface area contributed by atoms with Crippen LogP contribution in [0, 0.1) is 5.41 Å². The Labute approximate surface area is 118 Å². The molecule has 0 radical (unpaired) electrons. The van der Waals surface area contributed by atoms with Crippen molar-refractivity contribution in [3.8, 4) is 5.75 Å². The molecule has 1 aliphatic rings. The van der Waals surface area contributed by atoms with Crippen molar-refractivity contribution in [2.45, 2.75) is 32.7 Å². The highest BCUT2D eigenvalue weighted by atomic mass is 35.5. The average molecular weight is 279 g/mol. The molecule has 0 N–H and O–H groups in total. The molecule has 102 valence electrons. The van der Waals surface area contributed by atoms with Gasteiger partial charge in [0.25, 0.3) is 0 Å². The Hall–Kier alpha value is -1.22. The summed E-state index contributed by atoms with van der Waals surface area (Å²) in [5.41, 5.74) is 2.47. The molecule has 1 aromatic heterocycles. The average Bonchev–Trinajstić information content (AvgIpc) is 2.84. The van der Waals surface area contributed by atoms with Crippen LogP contribution < -0.4 is 4.74 Å². The topological polar surface area (TPSA) is 27.1 Å². The number of nitrogens with zero attached hydrogens (tertiary/aromatic N) is 2. The van der Waals surface area contributed by atoms with Crippen LogP contribution in [0.2, 0.25) is 0 Å². The van der Waals surface area contributed by atoms with Gasteiger partial charge in [-0.3, -0.25) is 0 Å². The molecule has 1 heterocycles. The highest BCUT2D eigenvalue weighted by molar-refractivity contribution is 6.17. The molecule has 1 aliphatic carbocycles. The molecule has 1 aromatic carbocycles. The monoisotopic (exact) mass is 278 g/mol. The highest BCUT2D eigenvalue weighted by Gasteiger charge is 2.48. The first kappa shape index (κ1) is 12.8. The van der Waals surface area contributed by atoms with Crippen molar-refractivity contribution in [1.29, 1.82) is 0 Å². The SMILES string of the molecule is COc1cccc2c1nc(CCCl)n2C1CC1(C)C. The van der Waals surface area contributed by atoms with Crippen LogP contribution in [-0.2, 0) is 6.42 Å². The lowest BCUT2D eigenvalue weighted by molar-refractivity contribution is 0.419. The van der Waals surface area contributed by atoms with Crippen molar-refractivity contribution < 1.29 is 4.74 Å². The number of hydrogen-bond acceptors (Lipinski definition) is 2. The summed E-state index contributed by atoms with van der Waals surface area (Å²) in [5.74, 6) is 2.51. The zero-order valence-corrected chi connectivity index (χ0v) is 12.4. The van der Waals surface area contributed by atoms with Gasteiger partial charge in [0, 0.05) is 18.3 Å². The van der Waals surface area contributed by atoms with Crippen LogP contribution in [-0.4, -0.2) is 22.5 Å². The van der Waals surface area contributed by atoms with Crippen LogP contribution in [0.1, 0.15) is 32.1 Å². The second kappa shape index (κ2) is 4.41. The molecule has 1 unspecified atom stereocenters. The fourth-order valence-electron chi connectivity index (χ4n) is 2.79. The summed E-state index contributed by atoms with van der Waals surface area (Å²) in [4.78, 5) is 4.75. The van der Waals surface area contributed by atoms with Crippen molar-refractivity contribution >= 4 is 22.6 Å². The van der Waals surface area contributed by atoms with Gasteiger partial charge in [0.15, 0.2) is 0 Å². The molecule has 1 fully saturated rings. The van der Waals surface area contributed by atoms with E-state index in [0.717, 1.165) is 29.0 Å². The van der Waals surface area contributed by atoms with Gasteiger partial charge in [0.2, 0.25) is 0 Å². The van der Waals surface area contributed by atoms with E-state index in [1.165, 1.54) is 6.42 Å². The maximum absolute atomic E-state index is 5.92. The Bertz CT molecular complexity index is 618. The lowest BCUT2D eigenvalue weighted by Gasteiger charge is -2.10. The summed E-state index contributed by atoms with van der Waals surface area (Å²) in [5, 5.41) is 0. The molecule has 19 heavy (non-hydrogen) atoms. The van der Waals surface area contributed by atoms with Gasteiger partial charge < -0.3 is 9.30 Å². The number of ether oxygens (including phenoxy) is 1.